The molecule has 20 heavy (non-hydrogen) atoms. The summed E-state index contributed by atoms with van der Waals surface area (Å²) in [5.74, 6) is 1.57. The lowest BCUT2D eigenvalue weighted by Gasteiger charge is -2.49. The van der Waals surface area contributed by atoms with E-state index in [1.54, 1.807) is 0 Å². The molecule has 1 N–H and O–H groups in total. The first kappa shape index (κ1) is 14.5. The Labute approximate surface area is 126 Å². The van der Waals surface area contributed by atoms with Crippen LogP contribution in [0.4, 0.5) is 0 Å². The maximum Gasteiger partial charge on any atom is 0.107 e. The van der Waals surface area contributed by atoms with Gasteiger partial charge in [0.15, 0.2) is 0 Å². The lowest BCUT2D eigenvalue weighted by atomic mass is 9.87. The van der Waals surface area contributed by atoms with Crippen molar-refractivity contribution in [2.75, 3.05) is 13.1 Å². The van der Waals surface area contributed by atoms with E-state index in [1.165, 1.54) is 17.8 Å². The molecule has 0 amide bonds. The summed E-state index contributed by atoms with van der Waals surface area (Å²) in [6.45, 7) is 12.5. The van der Waals surface area contributed by atoms with E-state index < -0.39 is 0 Å². The lowest BCUT2D eigenvalue weighted by molar-refractivity contribution is 0.0186. The Kier molecular flexibility index (Phi) is 3.91. The summed E-state index contributed by atoms with van der Waals surface area (Å²) in [7, 11) is 0. The number of aryl methyl sites for hydroxylation is 1. The van der Waals surface area contributed by atoms with Crippen LogP contribution in [0.25, 0.3) is 0 Å². The number of rotatable bonds is 4. The summed E-state index contributed by atoms with van der Waals surface area (Å²) in [5, 5.41) is 7.24. The molecule has 1 aromatic heterocycles. The van der Waals surface area contributed by atoms with Gasteiger partial charge in [0.1, 0.15) is 5.01 Å². The van der Waals surface area contributed by atoms with Gasteiger partial charge in [-0.3, -0.25) is 4.90 Å². The van der Waals surface area contributed by atoms with E-state index in [0.29, 0.717) is 17.5 Å². The van der Waals surface area contributed by atoms with Crippen LogP contribution < -0.4 is 5.32 Å². The van der Waals surface area contributed by atoms with Crippen molar-refractivity contribution in [3.8, 4) is 0 Å². The van der Waals surface area contributed by atoms with Gasteiger partial charge in [-0.05, 0) is 38.5 Å². The zero-order chi connectivity index (χ0) is 14.3. The van der Waals surface area contributed by atoms with Crippen LogP contribution in [0.2, 0.25) is 0 Å². The number of aromatic nitrogens is 1. The van der Waals surface area contributed by atoms with E-state index in [2.05, 4.69) is 48.3 Å². The van der Waals surface area contributed by atoms with Crippen molar-refractivity contribution in [1.29, 1.82) is 0 Å². The van der Waals surface area contributed by atoms with Crippen LogP contribution in [0, 0.1) is 18.8 Å². The predicted octanol–water partition coefficient (Wildman–Crippen LogP) is 3.05. The summed E-state index contributed by atoms with van der Waals surface area (Å²) in [5.41, 5.74) is 1.49. The number of nitrogens with one attached hydrogen (secondary N) is 1. The molecular weight excluding hydrogens is 266 g/mol. The van der Waals surface area contributed by atoms with Crippen molar-refractivity contribution in [2.45, 2.75) is 58.7 Å². The number of hydrogen-bond donors (Lipinski definition) is 1. The molecule has 0 radical (unpaired) electrons. The Morgan fingerprint density at radius 1 is 1.50 bits per heavy atom. The first-order chi connectivity index (χ1) is 9.49. The van der Waals surface area contributed by atoms with Crippen molar-refractivity contribution in [1.82, 2.24) is 15.2 Å². The van der Waals surface area contributed by atoms with Crippen molar-refractivity contribution in [3.63, 3.8) is 0 Å². The molecule has 0 spiro atoms. The van der Waals surface area contributed by atoms with Crippen LogP contribution in [0.5, 0.6) is 0 Å². The normalized spacial score (nSPS) is 31.9. The smallest absolute Gasteiger partial charge is 0.107 e. The fraction of sp³-hybridized carbons (Fsp3) is 0.812. The number of nitrogens with zero attached hydrogens (tertiary/aromatic N) is 2. The minimum atomic E-state index is 0.324. The third-order valence-electron chi connectivity index (χ3n) is 5.12. The minimum absolute atomic E-state index is 0.324. The topological polar surface area (TPSA) is 28.2 Å². The summed E-state index contributed by atoms with van der Waals surface area (Å²) in [6, 6.07) is 0.614. The van der Waals surface area contributed by atoms with Gasteiger partial charge in [-0.25, -0.2) is 4.98 Å². The minimum Gasteiger partial charge on any atom is -0.311 e. The van der Waals surface area contributed by atoms with Crippen LogP contribution in [0.1, 0.15) is 44.3 Å². The zero-order valence-electron chi connectivity index (χ0n) is 13.1. The van der Waals surface area contributed by atoms with Crippen LogP contribution >= 0.6 is 11.3 Å². The summed E-state index contributed by atoms with van der Waals surface area (Å²) in [4.78, 5) is 7.39. The SMILES string of the molecule is Cc1csc(CN2CC(C(C)C)NCC2(C)C2CC2)n1. The highest BCUT2D eigenvalue weighted by molar-refractivity contribution is 7.09. The molecule has 2 fully saturated rings. The molecule has 1 saturated heterocycles. The molecule has 1 aromatic rings. The Balaban J connectivity index is 1.77. The third kappa shape index (κ3) is 2.78. The van der Waals surface area contributed by atoms with Gasteiger partial charge in [0.2, 0.25) is 0 Å². The molecular formula is C16H27N3S. The van der Waals surface area contributed by atoms with Crippen LogP contribution in [-0.2, 0) is 6.54 Å². The van der Waals surface area contributed by atoms with Gasteiger partial charge < -0.3 is 5.32 Å². The third-order valence-corrected chi connectivity index (χ3v) is 6.07. The molecule has 2 heterocycles. The molecule has 112 valence electrons. The highest BCUT2D eigenvalue weighted by Gasteiger charge is 2.48. The standard InChI is InChI=1S/C16H27N3S/c1-11(2)14-7-19(8-15-18-12(3)9-20-15)16(4,10-17-14)13-5-6-13/h9,11,13-14,17H,5-8,10H2,1-4H3. The Bertz CT molecular complexity index is 466. The summed E-state index contributed by atoms with van der Waals surface area (Å²) >= 11 is 1.81. The predicted molar refractivity (Wildman–Crippen MR) is 85.0 cm³/mol. The molecule has 2 unspecified atom stereocenters. The van der Waals surface area contributed by atoms with Gasteiger partial charge in [-0.2, -0.15) is 0 Å². The highest BCUT2D eigenvalue weighted by Crippen LogP contribution is 2.44. The lowest BCUT2D eigenvalue weighted by Crippen LogP contribution is -2.65. The van der Waals surface area contributed by atoms with Crippen LogP contribution in [0.3, 0.4) is 0 Å². The van der Waals surface area contributed by atoms with Crippen molar-refractivity contribution in [2.24, 2.45) is 11.8 Å². The fourth-order valence-corrected chi connectivity index (χ4v) is 4.18. The molecule has 3 rings (SSSR count). The van der Waals surface area contributed by atoms with Crippen molar-refractivity contribution >= 4 is 11.3 Å². The molecule has 1 saturated carbocycles. The fourth-order valence-electron chi connectivity index (χ4n) is 3.40. The number of thiazole rings is 1. The van der Waals surface area contributed by atoms with Crippen molar-refractivity contribution in [3.05, 3.63) is 16.1 Å². The van der Waals surface area contributed by atoms with E-state index >= 15 is 0 Å². The van der Waals surface area contributed by atoms with E-state index in [-0.39, 0.29) is 0 Å². The van der Waals surface area contributed by atoms with Crippen LogP contribution in [0.15, 0.2) is 5.38 Å². The maximum atomic E-state index is 4.68. The van der Waals surface area contributed by atoms with Gasteiger partial charge in [-0.15, -0.1) is 11.3 Å². The van der Waals surface area contributed by atoms with Gasteiger partial charge in [0, 0.05) is 35.7 Å². The van der Waals surface area contributed by atoms with E-state index in [1.807, 2.05) is 11.3 Å². The van der Waals surface area contributed by atoms with Crippen molar-refractivity contribution < 1.29 is 0 Å². The summed E-state index contributed by atoms with van der Waals surface area (Å²) in [6.07, 6.45) is 2.80. The van der Waals surface area contributed by atoms with Gasteiger partial charge >= 0.3 is 0 Å². The molecule has 2 atom stereocenters. The van der Waals surface area contributed by atoms with Gasteiger partial charge in [-0.1, -0.05) is 13.8 Å². The Hall–Kier alpha value is -0.450. The second-order valence-electron chi connectivity index (χ2n) is 7.13. The second kappa shape index (κ2) is 5.39. The van der Waals surface area contributed by atoms with E-state index in [0.717, 1.165) is 31.2 Å². The van der Waals surface area contributed by atoms with E-state index in [4.69, 9.17) is 0 Å². The number of piperazine rings is 1. The summed E-state index contributed by atoms with van der Waals surface area (Å²) < 4.78 is 0. The molecule has 1 aliphatic carbocycles. The Morgan fingerprint density at radius 3 is 2.80 bits per heavy atom. The van der Waals surface area contributed by atoms with Gasteiger partial charge in [0.05, 0.1) is 6.54 Å². The molecule has 4 heteroatoms. The molecule has 0 aromatic carbocycles. The highest BCUT2D eigenvalue weighted by atomic mass is 32.1. The zero-order valence-corrected chi connectivity index (χ0v) is 14.0. The largest absolute Gasteiger partial charge is 0.311 e. The molecule has 3 nitrogen and oxygen atoms in total. The van der Waals surface area contributed by atoms with Crippen LogP contribution in [-0.4, -0.2) is 34.6 Å². The first-order valence-electron chi connectivity index (χ1n) is 7.88. The molecule has 0 bridgehead atoms. The molecule has 1 aliphatic heterocycles. The Morgan fingerprint density at radius 2 is 2.25 bits per heavy atom. The van der Waals surface area contributed by atoms with E-state index in [9.17, 15) is 0 Å². The maximum absolute atomic E-state index is 4.68. The molecule has 2 aliphatic rings. The average molecular weight is 293 g/mol. The monoisotopic (exact) mass is 293 g/mol. The number of hydrogen-bond acceptors (Lipinski definition) is 4. The first-order valence-corrected chi connectivity index (χ1v) is 8.76. The second-order valence-corrected chi connectivity index (χ2v) is 8.07. The quantitative estimate of drug-likeness (QED) is 0.925. The van der Waals surface area contributed by atoms with Gasteiger partial charge in [0.25, 0.3) is 0 Å². The average Bonchev–Trinajstić information content (AvgIpc) is 3.17.